The van der Waals surface area contributed by atoms with Gasteiger partial charge in [-0.15, -0.1) is 5.10 Å². The third-order valence-corrected chi connectivity index (χ3v) is 4.11. The van der Waals surface area contributed by atoms with Crippen LogP contribution in [0.25, 0.3) is 11.4 Å². The lowest BCUT2D eigenvalue weighted by molar-refractivity contribution is 0.615. The van der Waals surface area contributed by atoms with Gasteiger partial charge in [0.1, 0.15) is 0 Å². The summed E-state index contributed by atoms with van der Waals surface area (Å²) in [7, 11) is 0. The van der Waals surface area contributed by atoms with E-state index >= 15 is 0 Å². The number of anilines is 1. The molecule has 0 amide bonds. The number of hydrogen-bond donors (Lipinski definition) is 1. The SMILES string of the molecule is N#Cc1ccc(CNc2ccc(-c3nnnn3C3CC3)cc2)cc1. The van der Waals surface area contributed by atoms with E-state index in [2.05, 4.69) is 26.9 Å². The van der Waals surface area contributed by atoms with Crippen molar-refractivity contribution in [1.29, 1.82) is 5.26 Å². The molecule has 1 N–H and O–H groups in total. The second-order valence-electron chi connectivity index (χ2n) is 5.92. The maximum atomic E-state index is 8.82. The largest absolute Gasteiger partial charge is 0.381 e. The minimum Gasteiger partial charge on any atom is -0.381 e. The lowest BCUT2D eigenvalue weighted by Crippen LogP contribution is -2.01. The third kappa shape index (κ3) is 2.97. The Morgan fingerprint density at radius 3 is 2.50 bits per heavy atom. The Kier molecular flexibility index (Phi) is 3.67. The van der Waals surface area contributed by atoms with Crippen LogP contribution in [0.3, 0.4) is 0 Å². The Labute approximate surface area is 139 Å². The first-order valence-electron chi connectivity index (χ1n) is 7.95. The summed E-state index contributed by atoms with van der Waals surface area (Å²) in [5.74, 6) is 0.830. The van der Waals surface area contributed by atoms with Gasteiger partial charge in [-0.25, -0.2) is 4.68 Å². The van der Waals surface area contributed by atoms with E-state index in [-0.39, 0.29) is 0 Å². The molecular weight excluding hydrogens is 300 g/mol. The fraction of sp³-hybridized carbons (Fsp3) is 0.222. The molecule has 118 valence electrons. The number of rotatable bonds is 5. The summed E-state index contributed by atoms with van der Waals surface area (Å²) in [6.07, 6.45) is 2.31. The molecule has 2 aromatic carbocycles. The number of nitrogens with zero attached hydrogens (tertiary/aromatic N) is 5. The van der Waals surface area contributed by atoms with E-state index in [1.807, 2.05) is 53.2 Å². The standard InChI is InChI=1S/C18H16N6/c19-11-13-1-3-14(4-2-13)12-20-16-7-5-15(6-8-16)18-21-22-23-24(18)17-9-10-17/h1-8,17,20H,9-10,12H2. The zero-order valence-electron chi connectivity index (χ0n) is 13.1. The van der Waals surface area contributed by atoms with E-state index in [4.69, 9.17) is 5.26 Å². The van der Waals surface area contributed by atoms with Crippen molar-refractivity contribution in [3.8, 4) is 17.5 Å². The quantitative estimate of drug-likeness (QED) is 0.782. The number of aromatic nitrogens is 4. The van der Waals surface area contributed by atoms with Crippen molar-refractivity contribution >= 4 is 5.69 Å². The van der Waals surface area contributed by atoms with Gasteiger partial charge in [0.2, 0.25) is 0 Å². The summed E-state index contributed by atoms with van der Waals surface area (Å²) in [6.45, 7) is 0.713. The zero-order valence-corrected chi connectivity index (χ0v) is 13.1. The smallest absolute Gasteiger partial charge is 0.182 e. The van der Waals surface area contributed by atoms with Crippen molar-refractivity contribution in [1.82, 2.24) is 20.2 Å². The van der Waals surface area contributed by atoms with E-state index in [0.717, 1.165) is 35.5 Å². The van der Waals surface area contributed by atoms with Crippen LogP contribution in [-0.4, -0.2) is 20.2 Å². The number of benzene rings is 2. The molecule has 0 unspecified atom stereocenters. The average Bonchev–Trinajstić information content (AvgIpc) is 3.37. The summed E-state index contributed by atoms with van der Waals surface area (Å²) in [5.41, 5.74) is 3.87. The Hall–Kier alpha value is -3.20. The van der Waals surface area contributed by atoms with Crippen molar-refractivity contribution in [3.63, 3.8) is 0 Å². The molecule has 1 aliphatic carbocycles. The van der Waals surface area contributed by atoms with Gasteiger partial charge in [0.15, 0.2) is 5.82 Å². The van der Waals surface area contributed by atoms with Crippen LogP contribution >= 0.6 is 0 Å². The highest BCUT2D eigenvalue weighted by Crippen LogP contribution is 2.36. The summed E-state index contributed by atoms with van der Waals surface area (Å²) in [5, 5.41) is 24.2. The molecule has 0 aliphatic heterocycles. The fourth-order valence-corrected chi connectivity index (χ4v) is 2.59. The Balaban J connectivity index is 1.43. The van der Waals surface area contributed by atoms with Crippen LogP contribution in [0.5, 0.6) is 0 Å². The van der Waals surface area contributed by atoms with Crippen LogP contribution < -0.4 is 5.32 Å². The lowest BCUT2D eigenvalue weighted by Gasteiger charge is -2.08. The van der Waals surface area contributed by atoms with Crippen molar-refractivity contribution in [3.05, 3.63) is 59.7 Å². The van der Waals surface area contributed by atoms with E-state index in [0.29, 0.717) is 18.2 Å². The molecule has 4 rings (SSSR count). The summed E-state index contributed by atoms with van der Waals surface area (Å²) < 4.78 is 1.92. The second-order valence-corrected chi connectivity index (χ2v) is 5.92. The monoisotopic (exact) mass is 316 g/mol. The third-order valence-electron chi connectivity index (χ3n) is 4.11. The summed E-state index contributed by atoms with van der Waals surface area (Å²) in [4.78, 5) is 0. The predicted molar refractivity (Wildman–Crippen MR) is 90.0 cm³/mol. The van der Waals surface area contributed by atoms with Gasteiger partial charge in [-0.2, -0.15) is 5.26 Å². The average molecular weight is 316 g/mol. The molecule has 0 bridgehead atoms. The van der Waals surface area contributed by atoms with Crippen molar-refractivity contribution in [2.75, 3.05) is 5.32 Å². The molecule has 24 heavy (non-hydrogen) atoms. The van der Waals surface area contributed by atoms with Crippen molar-refractivity contribution in [2.24, 2.45) is 0 Å². The maximum Gasteiger partial charge on any atom is 0.182 e. The molecule has 0 radical (unpaired) electrons. The molecule has 1 saturated carbocycles. The minimum atomic E-state index is 0.462. The highest BCUT2D eigenvalue weighted by molar-refractivity contribution is 5.59. The Bertz CT molecular complexity index is 869. The van der Waals surface area contributed by atoms with Crippen molar-refractivity contribution < 1.29 is 0 Å². The number of nitriles is 1. The van der Waals surface area contributed by atoms with Gasteiger partial charge < -0.3 is 5.32 Å². The van der Waals surface area contributed by atoms with Gasteiger partial charge in [-0.05, 0) is 65.2 Å². The van der Waals surface area contributed by atoms with Gasteiger partial charge in [0.25, 0.3) is 0 Å². The van der Waals surface area contributed by atoms with Crippen LogP contribution in [0.4, 0.5) is 5.69 Å². The van der Waals surface area contributed by atoms with Gasteiger partial charge in [-0.3, -0.25) is 0 Å². The first-order valence-corrected chi connectivity index (χ1v) is 7.95. The first-order chi connectivity index (χ1) is 11.8. The normalized spacial score (nSPS) is 13.5. The maximum absolute atomic E-state index is 8.82. The van der Waals surface area contributed by atoms with E-state index in [9.17, 15) is 0 Å². The van der Waals surface area contributed by atoms with E-state index < -0.39 is 0 Å². The summed E-state index contributed by atoms with van der Waals surface area (Å²) in [6, 6.07) is 18.3. The lowest BCUT2D eigenvalue weighted by atomic mass is 10.1. The van der Waals surface area contributed by atoms with Gasteiger partial charge >= 0.3 is 0 Å². The number of nitrogens with one attached hydrogen (secondary N) is 1. The molecule has 1 fully saturated rings. The first kappa shape index (κ1) is 14.4. The van der Waals surface area contributed by atoms with Crippen molar-refractivity contribution in [2.45, 2.75) is 25.4 Å². The number of hydrogen-bond acceptors (Lipinski definition) is 5. The van der Waals surface area contributed by atoms with Gasteiger partial charge in [-0.1, -0.05) is 12.1 Å². The molecular formula is C18H16N6. The highest BCUT2D eigenvalue weighted by Gasteiger charge is 2.28. The molecule has 6 nitrogen and oxygen atoms in total. The molecule has 0 saturated heterocycles. The molecule has 1 heterocycles. The predicted octanol–water partition coefficient (Wildman–Crippen LogP) is 3.16. The second kappa shape index (κ2) is 6.13. The topological polar surface area (TPSA) is 79.4 Å². The zero-order chi connectivity index (χ0) is 16.4. The molecule has 0 spiro atoms. The Morgan fingerprint density at radius 1 is 1.08 bits per heavy atom. The van der Waals surface area contributed by atoms with Crippen LogP contribution in [-0.2, 0) is 6.54 Å². The van der Waals surface area contributed by atoms with Crippen LogP contribution in [0.2, 0.25) is 0 Å². The minimum absolute atomic E-state index is 0.462. The molecule has 0 atom stereocenters. The number of tetrazole rings is 1. The summed E-state index contributed by atoms with van der Waals surface area (Å²) >= 11 is 0. The molecule has 1 aliphatic rings. The van der Waals surface area contributed by atoms with Crippen LogP contribution in [0, 0.1) is 11.3 Å². The van der Waals surface area contributed by atoms with Gasteiger partial charge in [0, 0.05) is 17.8 Å². The van der Waals surface area contributed by atoms with E-state index in [1.165, 1.54) is 0 Å². The fourth-order valence-electron chi connectivity index (χ4n) is 2.59. The molecule has 6 heteroatoms. The highest BCUT2D eigenvalue weighted by atomic mass is 15.6. The Morgan fingerprint density at radius 2 is 1.83 bits per heavy atom. The van der Waals surface area contributed by atoms with Crippen LogP contribution in [0.1, 0.15) is 30.0 Å². The van der Waals surface area contributed by atoms with Gasteiger partial charge in [0.05, 0.1) is 17.7 Å². The molecule has 3 aromatic rings. The van der Waals surface area contributed by atoms with Crippen LogP contribution in [0.15, 0.2) is 48.5 Å². The molecule has 1 aromatic heterocycles. The van der Waals surface area contributed by atoms with E-state index in [1.54, 1.807) is 0 Å².